The maximum Gasteiger partial charge on any atom is 0.351 e. The van der Waals surface area contributed by atoms with E-state index in [1.165, 1.54) is 13.7 Å². The smallest absolute Gasteiger partial charge is 0.351 e. The van der Waals surface area contributed by atoms with Crippen molar-refractivity contribution in [1.29, 1.82) is 0 Å². The van der Waals surface area contributed by atoms with E-state index in [1.807, 2.05) is 26.8 Å². The number of nitrogens with zero attached hydrogens (tertiary/aromatic N) is 6. The molecular weight excluding hydrogens is 1190 g/mol. The Balaban J connectivity index is 0.000000330. The number of aryl methyl sites for hydroxylation is 3. The molecule has 3 unspecified atom stereocenters. The number of amides is 2. The summed E-state index contributed by atoms with van der Waals surface area (Å²) in [7, 11) is 4.67. The van der Waals surface area contributed by atoms with Crippen LogP contribution in [0.3, 0.4) is 0 Å². The van der Waals surface area contributed by atoms with Crippen LogP contribution in [0.15, 0.2) is 63.3 Å². The van der Waals surface area contributed by atoms with E-state index in [4.69, 9.17) is 48.4 Å². The Bertz CT molecular complexity index is 3090. The van der Waals surface area contributed by atoms with E-state index >= 15 is 0 Å². The molecule has 0 aliphatic carbocycles. The van der Waals surface area contributed by atoms with E-state index in [-0.39, 0.29) is 66.4 Å². The van der Waals surface area contributed by atoms with Gasteiger partial charge in [-0.1, -0.05) is 80.5 Å². The summed E-state index contributed by atoms with van der Waals surface area (Å²) >= 11 is 0. The van der Waals surface area contributed by atoms with Crippen molar-refractivity contribution < 1.29 is 81.9 Å². The van der Waals surface area contributed by atoms with Crippen LogP contribution in [0.25, 0.3) is 0 Å². The van der Waals surface area contributed by atoms with Crippen molar-refractivity contribution in [2.24, 2.45) is 17.8 Å². The van der Waals surface area contributed by atoms with Gasteiger partial charge in [-0.15, -0.1) is 0 Å². The number of nitrogen functional groups attached to an aromatic ring is 1. The molecule has 10 N–H and O–H groups in total. The molecule has 0 saturated carbocycles. The number of nitrogens with one attached hydrogen (secondary N) is 2. The van der Waals surface area contributed by atoms with E-state index in [9.17, 15) is 48.9 Å². The van der Waals surface area contributed by atoms with Gasteiger partial charge in [-0.25, -0.2) is 14.4 Å². The zero-order chi connectivity index (χ0) is 67.1. The van der Waals surface area contributed by atoms with Gasteiger partial charge in [0.05, 0.1) is 69.8 Å². The molecule has 91 heavy (non-hydrogen) atoms. The number of nitrogens with two attached hydrogens (primary N) is 1. The Morgan fingerprint density at radius 3 is 1.21 bits per heavy atom. The predicted octanol–water partition coefficient (Wildman–Crippen LogP) is 3.71. The molecule has 12 atom stereocenters. The van der Waals surface area contributed by atoms with Gasteiger partial charge in [-0.05, 0) is 52.2 Å². The van der Waals surface area contributed by atoms with Crippen molar-refractivity contribution in [3.05, 3.63) is 103 Å². The molecule has 0 radical (unpaired) electrons. The van der Waals surface area contributed by atoms with Gasteiger partial charge in [-0.3, -0.25) is 32.9 Å². The van der Waals surface area contributed by atoms with Crippen LogP contribution >= 0.6 is 0 Å². The van der Waals surface area contributed by atoms with Crippen LogP contribution in [0, 0.1) is 38.5 Å². The highest BCUT2D eigenvalue weighted by atomic mass is 16.6. The normalized spacial score (nSPS) is 23.3. The minimum Gasteiger partial charge on any atom is -0.393 e. The van der Waals surface area contributed by atoms with Crippen molar-refractivity contribution in [3.63, 3.8) is 0 Å². The summed E-state index contributed by atoms with van der Waals surface area (Å²) in [5.41, 5.74) is 6.21. The second kappa shape index (κ2) is 38.3. The average molecular weight is 1290 g/mol. The van der Waals surface area contributed by atoms with Gasteiger partial charge < -0.3 is 85.2 Å². The van der Waals surface area contributed by atoms with Crippen LogP contribution < -0.4 is 39.6 Å². The molecule has 0 bridgehead atoms. The molecule has 3 aliphatic rings. The van der Waals surface area contributed by atoms with Crippen LogP contribution in [0.5, 0.6) is 0 Å². The molecule has 0 spiro atoms. The number of aliphatic hydroxyl groups excluding tert-OH is 3. The topological polar surface area (TPSA) is 411 Å². The highest BCUT2D eigenvalue weighted by molar-refractivity contribution is 6.04. The average Bonchev–Trinajstić information content (AvgIpc) is 1.81. The summed E-state index contributed by atoms with van der Waals surface area (Å²) in [6.45, 7) is 23.1. The number of ether oxygens (including phenoxy) is 10. The molecule has 30 heteroatoms. The van der Waals surface area contributed by atoms with Crippen LogP contribution in [-0.4, -0.2) is 184 Å². The van der Waals surface area contributed by atoms with Crippen molar-refractivity contribution in [1.82, 2.24) is 34.8 Å². The predicted molar refractivity (Wildman–Crippen MR) is 333 cm³/mol. The van der Waals surface area contributed by atoms with E-state index < -0.39 is 103 Å². The molecule has 4 aromatic rings. The van der Waals surface area contributed by atoms with E-state index in [0.29, 0.717) is 67.9 Å². The first-order valence-electron chi connectivity index (χ1n) is 30.0. The number of methoxy groups -OCH3 is 3. The second-order valence-electron chi connectivity index (χ2n) is 22.3. The van der Waals surface area contributed by atoms with Crippen LogP contribution in [-0.2, 0) is 61.8 Å². The SMILES string of the molecule is CC(C)C(=O)OC(=O)C(C)C.CC[C@H]1O[C@@H](n2cc(C)c(N)nc2=O)[C@@H](OCCOC)C1O.CC[C@H]1O[C@@H](n2cc(C)c(NC(=O)C(C)C)nc2=O)[C@@H](OCCOC)C1O.CC[C@H]1O[C@@H](n2cc(C)c(NC(=O)c3ccccc3)nc2=O)[C@@H](OCCOC)C1O.N. The number of aromatic nitrogens is 6. The minimum absolute atomic E-state index is 0. The fourth-order valence-corrected chi connectivity index (χ4v) is 9.06. The first kappa shape index (κ1) is 78.5. The van der Waals surface area contributed by atoms with Crippen molar-refractivity contribution in [3.8, 4) is 0 Å². The zero-order valence-corrected chi connectivity index (χ0v) is 54.9. The van der Waals surface area contributed by atoms with Crippen LogP contribution in [0.4, 0.5) is 17.5 Å². The van der Waals surface area contributed by atoms with Crippen LogP contribution in [0.1, 0.15) is 127 Å². The molecule has 6 heterocycles. The monoisotopic (exact) mass is 1290 g/mol. The molecule has 2 amide bonds. The summed E-state index contributed by atoms with van der Waals surface area (Å²) in [6.07, 6.45) is -1.97. The van der Waals surface area contributed by atoms with Gasteiger partial charge in [-0.2, -0.15) is 15.0 Å². The van der Waals surface area contributed by atoms with Gasteiger partial charge in [0.2, 0.25) is 5.91 Å². The summed E-state index contributed by atoms with van der Waals surface area (Å²) in [4.78, 5) is 95.1. The number of carbonyl (C=O) groups excluding carboxylic acids is 4. The number of hydrogen-bond donors (Lipinski definition) is 7. The first-order valence-corrected chi connectivity index (χ1v) is 30.0. The van der Waals surface area contributed by atoms with Crippen molar-refractivity contribution >= 4 is 41.2 Å². The van der Waals surface area contributed by atoms with Gasteiger partial charge >= 0.3 is 29.0 Å². The van der Waals surface area contributed by atoms with E-state index in [2.05, 4.69) is 30.3 Å². The maximum atomic E-state index is 12.7. The summed E-state index contributed by atoms with van der Waals surface area (Å²) in [5, 5.41) is 36.7. The molecule has 3 aromatic heterocycles. The lowest BCUT2D eigenvalue weighted by molar-refractivity contribution is -0.164. The largest absolute Gasteiger partial charge is 0.393 e. The number of benzene rings is 1. The summed E-state index contributed by atoms with van der Waals surface area (Å²) in [5.74, 6) is -1.62. The third-order valence-electron chi connectivity index (χ3n) is 14.4. The number of esters is 2. The number of hydrogen-bond acceptors (Lipinski definition) is 25. The minimum atomic E-state index is -0.887. The molecule has 30 nitrogen and oxygen atoms in total. The number of carbonyl (C=O) groups is 4. The fourth-order valence-electron chi connectivity index (χ4n) is 9.06. The molecule has 3 aliphatic heterocycles. The molecule has 510 valence electrons. The number of aliphatic hydroxyl groups is 3. The summed E-state index contributed by atoms with van der Waals surface area (Å²) in [6, 6.07) is 8.67. The Labute approximate surface area is 529 Å². The summed E-state index contributed by atoms with van der Waals surface area (Å²) < 4.78 is 58.0. The van der Waals surface area contributed by atoms with E-state index in [0.717, 1.165) is 0 Å². The molecule has 3 saturated heterocycles. The lowest BCUT2D eigenvalue weighted by Gasteiger charge is -2.23. The van der Waals surface area contributed by atoms with Crippen molar-refractivity contribution in [2.45, 2.75) is 176 Å². The third kappa shape index (κ3) is 21.9. The zero-order valence-electron chi connectivity index (χ0n) is 54.9. The Hall–Kier alpha value is -6.78. The standard InChI is InChI=1S/C21H27N3O6.C18H29N3O6.C14H23N3O5.C8H14O3.H3N/c1-4-15-16(25)17(29-11-10-28-3)20(30-15)24-12-13(2)18(23-21(24)27)22-19(26)14-8-6-5-7-9-14;1-6-12-13(22)14(26-8-7-25-5)17(27-12)21-9-11(4)15(20-18(21)24)19-16(23)10(2)3;1-4-9-10(18)11(21-6-5-20-3)13(22-9)17-7-8(2)12(15)16-14(17)19;1-5(2)7(9)11-8(10)6(3)4;/h5-9,12,15-17,20,25H,4,10-11H2,1-3H3,(H,22,23,26,27);9-10,12-14,17,22H,6-8H2,1-5H3,(H,19,20,23,24);7,9-11,13,18H,4-6H2,1-3H3,(H2,15,16,19);5-6H,1-4H3;1H3/t15-,16?,17+,20-;12-,13?,14+,17-;9-,10?,11+,13-;;/m111../s1. The maximum absolute atomic E-state index is 12.7. The highest BCUT2D eigenvalue weighted by Crippen LogP contribution is 2.35. The Morgan fingerprint density at radius 1 is 0.538 bits per heavy atom. The molecule has 3 fully saturated rings. The fraction of sp³-hybridized carbons (Fsp3) is 0.639. The number of rotatable bonds is 24. The van der Waals surface area contributed by atoms with Crippen molar-refractivity contribution in [2.75, 3.05) is 77.3 Å². The van der Waals surface area contributed by atoms with Gasteiger partial charge in [0.1, 0.15) is 54.1 Å². The lowest BCUT2D eigenvalue weighted by atomic mass is 10.1. The van der Waals surface area contributed by atoms with Gasteiger partial charge in [0.25, 0.3) is 5.91 Å². The quantitative estimate of drug-likeness (QED) is 0.0298. The molecular formula is C61H96N10O20. The molecule has 1 aromatic carbocycles. The van der Waals surface area contributed by atoms with Gasteiger partial charge in [0, 0.05) is 68.1 Å². The number of anilines is 3. The Kier molecular flexibility index (Phi) is 33.0. The third-order valence-corrected chi connectivity index (χ3v) is 14.4. The Morgan fingerprint density at radius 2 is 0.879 bits per heavy atom. The highest BCUT2D eigenvalue weighted by Gasteiger charge is 2.48. The second-order valence-corrected chi connectivity index (χ2v) is 22.3. The van der Waals surface area contributed by atoms with Gasteiger partial charge in [0.15, 0.2) is 18.7 Å². The van der Waals surface area contributed by atoms with E-state index in [1.54, 1.807) is 126 Å². The first-order chi connectivity index (χ1) is 42.7. The molecule has 7 rings (SSSR count). The van der Waals surface area contributed by atoms with Crippen LogP contribution in [0.2, 0.25) is 0 Å². The lowest BCUT2D eigenvalue weighted by Crippen LogP contribution is -2.38.